The molecule has 1 saturated heterocycles. The summed E-state index contributed by atoms with van der Waals surface area (Å²) in [7, 11) is 3.87. The number of urea groups is 1. The molecule has 1 fully saturated rings. The number of rotatable bonds is 4. The zero-order valence-electron chi connectivity index (χ0n) is 15.0. The minimum absolute atomic E-state index is 0.0910. The first-order valence-corrected chi connectivity index (χ1v) is 8.65. The van der Waals surface area contributed by atoms with Gasteiger partial charge < -0.3 is 19.7 Å². The van der Waals surface area contributed by atoms with Crippen molar-refractivity contribution in [2.24, 2.45) is 0 Å². The number of likely N-dealkylation sites (tertiary alicyclic amines) is 1. The number of aromatic nitrogens is 4. The second kappa shape index (κ2) is 7.50. The fourth-order valence-corrected chi connectivity index (χ4v) is 3.12. The number of pyridine rings is 1. The molecule has 1 atom stereocenters. The Morgan fingerprint density at radius 1 is 1.40 bits per heavy atom. The van der Waals surface area contributed by atoms with E-state index < -0.39 is 0 Å². The van der Waals surface area contributed by atoms with Crippen molar-refractivity contribution in [1.29, 1.82) is 0 Å². The fourth-order valence-electron chi connectivity index (χ4n) is 3.12. The molecule has 134 valence electrons. The average molecular weight is 343 g/mol. The largest absolute Gasteiger partial charge is 0.363 e. The number of nitrogens with zero attached hydrogens (tertiary/aromatic N) is 6. The van der Waals surface area contributed by atoms with Crippen molar-refractivity contribution in [3.8, 4) is 0 Å². The van der Waals surface area contributed by atoms with E-state index in [-0.39, 0.29) is 11.9 Å². The molecule has 0 unspecified atom stereocenters. The van der Waals surface area contributed by atoms with Gasteiger partial charge in [0.15, 0.2) is 0 Å². The molecule has 2 amide bonds. The highest BCUT2D eigenvalue weighted by Crippen LogP contribution is 2.26. The lowest BCUT2D eigenvalue weighted by atomic mass is 9.97. The molecule has 25 heavy (non-hydrogen) atoms. The summed E-state index contributed by atoms with van der Waals surface area (Å²) in [6.45, 7) is 4.33. The minimum Gasteiger partial charge on any atom is -0.363 e. The maximum absolute atomic E-state index is 12.6. The normalized spacial score (nSPS) is 17.4. The molecule has 2 aromatic heterocycles. The number of hydrogen-bond donors (Lipinski definition) is 1. The van der Waals surface area contributed by atoms with E-state index in [9.17, 15) is 4.79 Å². The first-order chi connectivity index (χ1) is 12.1. The Bertz CT molecular complexity index is 710. The van der Waals surface area contributed by atoms with Gasteiger partial charge in [-0.1, -0.05) is 0 Å². The lowest BCUT2D eigenvalue weighted by Gasteiger charge is -2.32. The maximum Gasteiger partial charge on any atom is 0.321 e. The Morgan fingerprint density at radius 2 is 2.24 bits per heavy atom. The van der Waals surface area contributed by atoms with Crippen LogP contribution < -0.4 is 10.2 Å². The lowest BCUT2D eigenvalue weighted by Crippen LogP contribution is -2.42. The van der Waals surface area contributed by atoms with Gasteiger partial charge in [0.25, 0.3) is 0 Å². The van der Waals surface area contributed by atoms with Crippen LogP contribution in [0.1, 0.15) is 31.5 Å². The van der Waals surface area contributed by atoms with Crippen molar-refractivity contribution < 1.29 is 4.79 Å². The second-order valence-electron chi connectivity index (χ2n) is 6.49. The van der Waals surface area contributed by atoms with Crippen molar-refractivity contribution in [2.75, 3.05) is 37.4 Å². The van der Waals surface area contributed by atoms with Crippen molar-refractivity contribution >= 4 is 17.5 Å². The van der Waals surface area contributed by atoms with Crippen LogP contribution in [0.15, 0.2) is 24.7 Å². The van der Waals surface area contributed by atoms with Gasteiger partial charge in [0, 0.05) is 39.6 Å². The smallest absolute Gasteiger partial charge is 0.321 e. The minimum atomic E-state index is -0.0910. The Kier molecular flexibility index (Phi) is 5.16. The number of hydrogen-bond acceptors (Lipinski definition) is 5. The number of carbonyl (C=O) groups is 1. The molecule has 0 aliphatic carbocycles. The van der Waals surface area contributed by atoms with Crippen LogP contribution in [0, 0.1) is 0 Å². The third-order valence-electron chi connectivity index (χ3n) is 4.52. The van der Waals surface area contributed by atoms with Crippen LogP contribution >= 0.6 is 0 Å². The first-order valence-electron chi connectivity index (χ1n) is 8.65. The second-order valence-corrected chi connectivity index (χ2v) is 6.49. The zero-order chi connectivity index (χ0) is 17.8. The lowest BCUT2D eigenvalue weighted by molar-refractivity contribution is 0.190. The van der Waals surface area contributed by atoms with Gasteiger partial charge >= 0.3 is 6.03 Å². The summed E-state index contributed by atoms with van der Waals surface area (Å²) in [4.78, 5) is 20.7. The van der Waals surface area contributed by atoms with E-state index in [2.05, 4.69) is 32.0 Å². The maximum atomic E-state index is 12.6. The van der Waals surface area contributed by atoms with Crippen LogP contribution in [0.25, 0.3) is 0 Å². The summed E-state index contributed by atoms with van der Waals surface area (Å²) in [6, 6.07) is 3.67. The third-order valence-corrected chi connectivity index (χ3v) is 4.52. The Labute approximate surface area is 147 Å². The average Bonchev–Trinajstić information content (AvgIpc) is 3.11. The molecule has 3 heterocycles. The molecule has 1 N–H and O–H groups in total. The SMILES string of the molecule is CCn1cnnc1[C@H]1CCCN(C(=O)Nc2ccc(N(C)C)nc2)C1. The number of nitrogens with one attached hydrogen (secondary N) is 1. The zero-order valence-corrected chi connectivity index (χ0v) is 15.0. The fraction of sp³-hybridized carbons (Fsp3) is 0.529. The number of amides is 2. The third kappa shape index (κ3) is 3.89. The van der Waals surface area contributed by atoms with E-state index in [1.807, 2.05) is 36.0 Å². The summed E-state index contributed by atoms with van der Waals surface area (Å²) in [5.74, 6) is 2.06. The topological polar surface area (TPSA) is 79.2 Å². The molecule has 2 aromatic rings. The predicted octanol–water partition coefficient (Wildman–Crippen LogP) is 2.17. The highest BCUT2D eigenvalue weighted by atomic mass is 16.2. The Hall–Kier alpha value is -2.64. The number of anilines is 2. The summed E-state index contributed by atoms with van der Waals surface area (Å²) in [5, 5.41) is 11.2. The van der Waals surface area contributed by atoms with E-state index in [1.54, 1.807) is 12.5 Å². The van der Waals surface area contributed by atoms with E-state index in [0.717, 1.165) is 37.6 Å². The molecule has 0 bridgehead atoms. The number of aryl methyl sites for hydroxylation is 1. The molecule has 8 nitrogen and oxygen atoms in total. The highest BCUT2D eigenvalue weighted by Gasteiger charge is 2.27. The van der Waals surface area contributed by atoms with Crippen LogP contribution in [-0.4, -0.2) is 57.9 Å². The molecular weight excluding hydrogens is 318 g/mol. The molecule has 1 aliphatic rings. The molecule has 1 aliphatic heterocycles. The van der Waals surface area contributed by atoms with Crippen molar-refractivity contribution in [3.63, 3.8) is 0 Å². The van der Waals surface area contributed by atoms with Gasteiger partial charge in [-0.05, 0) is 31.9 Å². The first kappa shape index (κ1) is 17.2. The molecule has 3 rings (SSSR count). The quantitative estimate of drug-likeness (QED) is 0.920. The van der Waals surface area contributed by atoms with E-state index in [1.165, 1.54) is 0 Å². The van der Waals surface area contributed by atoms with E-state index in [4.69, 9.17) is 0 Å². The standard InChI is InChI=1S/C17H25N7O/c1-4-23-12-19-21-16(23)13-6-5-9-24(11-13)17(25)20-14-7-8-15(18-10-14)22(2)3/h7-8,10,12-13H,4-6,9,11H2,1-3H3,(H,20,25)/t13-/m0/s1. The number of carbonyl (C=O) groups excluding carboxylic acids is 1. The Morgan fingerprint density at radius 3 is 2.92 bits per heavy atom. The van der Waals surface area contributed by atoms with Gasteiger partial charge in [-0.3, -0.25) is 0 Å². The van der Waals surface area contributed by atoms with E-state index >= 15 is 0 Å². The van der Waals surface area contributed by atoms with E-state index in [0.29, 0.717) is 12.2 Å². The molecule has 0 aromatic carbocycles. The monoisotopic (exact) mass is 343 g/mol. The van der Waals surface area contributed by atoms with Crippen LogP contribution in [0.3, 0.4) is 0 Å². The van der Waals surface area contributed by atoms with Gasteiger partial charge in [-0.2, -0.15) is 0 Å². The highest BCUT2D eigenvalue weighted by molar-refractivity contribution is 5.89. The van der Waals surface area contributed by atoms with Gasteiger partial charge in [0.1, 0.15) is 18.0 Å². The van der Waals surface area contributed by atoms with Crippen LogP contribution in [-0.2, 0) is 6.54 Å². The summed E-state index contributed by atoms with van der Waals surface area (Å²) in [6.07, 6.45) is 5.43. The predicted molar refractivity (Wildman–Crippen MR) is 96.8 cm³/mol. The molecule has 0 spiro atoms. The summed E-state index contributed by atoms with van der Waals surface area (Å²) < 4.78 is 2.05. The molecule has 0 radical (unpaired) electrons. The van der Waals surface area contributed by atoms with Crippen molar-refractivity contribution in [2.45, 2.75) is 32.2 Å². The molecule has 8 heteroatoms. The number of piperidine rings is 1. The van der Waals surface area contributed by atoms with Gasteiger partial charge in [0.2, 0.25) is 0 Å². The van der Waals surface area contributed by atoms with Gasteiger partial charge in [0.05, 0.1) is 11.9 Å². The van der Waals surface area contributed by atoms with Gasteiger partial charge in [-0.15, -0.1) is 10.2 Å². The van der Waals surface area contributed by atoms with Crippen LogP contribution in [0.2, 0.25) is 0 Å². The van der Waals surface area contributed by atoms with Gasteiger partial charge in [-0.25, -0.2) is 9.78 Å². The summed E-state index contributed by atoms with van der Waals surface area (Å²) in [5.41, 5.74) is 0.703. The molecular formula is C17H25N7O. The van der Waals surface area contributed by atoms with Crippen LogP contribution in [0.5, 0.6) is 0 Å². The van der Waals surface area contributed by atoms with Crippen molar-refractivity contribution in [1.82, 2.24) is 24.6 Å². The molecule has 0 saturated carbocycles. The van der Waals surface area contributed by atoms with Crippen molar-refractivity contribution in [3.05, 3.63) is 30.5 Å². The Balaban J connectivity index is 1.64. The van der Waals surface area contributed by atoms with Crippen LogP contribution in [0.4, 0.5) is 16.3 Å². The summed E-state index contributed by atoms with van der Waals surface area (Å²) >= 11 is 0.